The van der Waals surface area contributed by atoms with Gasteiger partial charge in [0.05, 0.1) is 5.54 Å². The zero-order valence-electron chi connectivity index (χ0n) is 32.9. The smallest absolute Gasteiger partial charge is 0.252 e. The topological polar surface area (TPSA) is 9.72 Å². The molecule has 4 aliphatic heterocycles. The van der Waals surface area contributed by atoms with E-state index in [0.717, 1.165) is 52.7 Å². The van der Waals surface area contributed by atoms with Crippen LogP contribution in [0, 0.1) is 11.6 Å². The number of fused-ring (bicyclic) bond motifs is 3. The van der Waals surface area contributed by atoms with Crippen LogP contribution in [0.5, 0.6) is 0 Å². The molecule has 1 aliphatic carbocycles. The second-order valence-electron chi connectivity index (χ2n) is 17.6. The Kier molecular flexibility index (Phi) is 6.86. The Hall–Kier alpha value is -6.14. The summed E-state index contributed by atoms with van der Waals surface area (Å²) in [6, 6.07) is 52.2. The van der Waals surface area contributed by atoms with Gasteiger partial charge < -0.3 is 14.7 Å². The van der Waals surface area contributed by atoms with Gasteiger partial charge in [0.1, 0.15) is 11.6 Å². The SMILES string of the molecule is CC1(c2ccccc2)c2cccc3c2B2c4c(cc(N5c6ccccc6C6(C)CCCCC56C)cc4N(c4ccc(F)cc4)c4cccc1c42)N3c1ccc(F)cc1. The predicted molar refractivity (Wildman–Crippen MR) is 235 cm³/mol. The van der Waals surface area contributed by atoms with Gasteiger partial charge in [-0.1, -0.05) is 92.6 Å². The van der Waals surface area contributed by atoms with Crippen LogP contribution in [-0.2, 0) is 10.8 Å². The third kappa shape index (κ3) is 4.18. The van der Waals surface area contributed by atoms with Crippen LogP contribution in [0.3, 0.4) is 0 Å². The highest BCUT2D eigenvalue weighted by molar-refractivity contribution is 7.01. The lowest BCUT2D eigenvalue weighted by atomic mass is 9.28. The maximum Gasteiger partial charge on any atom is 0.252 e. The Morgan fingerprint density at radius 1 is 0.466 bits per heavy atom. The molecule has 4 heterocycles. The number of hydrogen-bond acceptors (Lipinski definition) is 3. The molecule has 0 spiro atoms. The predicted octanol–water partition coefficient (Wildman–Crippen LogP) is 11.5. The van der Waals surface area contributed by atoms with Gasteiger partial charge in [-0.3, -0.25) is 0 Å². The maximum absolute atomic E-state index is 14.8. The van der Waals surface area contributed by atoms with Gasteiger partial charge in [-0.2, -0.15) is 0 Å². The minimum absolute atomic E-state index is 0.0312. The molecule has 0 bridgehead atoms. The molecule has 0 radical (unpaired) electrons. The minimum Gasteiger partial charge on any atom is -0.334 e. The summed E-state index contributed by atoms with van der Waals surface area (Å²) in [7, 11) is 0. The lowest BCUT2D eigenvalue weighted by molar-refractivity contribution is 0.195. The second kappa shape index (κ2) is 11.7. The molecule has 12 rings (SSSR count). The van der Waals surface area contributed by atoms with Crippen molar-refractivity contribution in [2.75, 3.05) is 14.7 Å². The largest absolute Gasteiger partial charge is 0.334 e. The average molecular weight is 758 g/mol. The van der Waals surface area contributed by atoms with Crippen LogP contribution in [0.2, 0.25) is 0 Å². The molecular weight excluding hydrogens is 715 g/mol. The average Bonchev–Trinajstić information content (AvgIpc) is 3.46. The fourth-order valence-electron chi connectivity index (χ4n) is 12.1. The maximum atomic E-state index is 14.8. The van der Waals surface area contributed by atoms with Gasteiger partial charge in [-0.05, 0) is 144 Å². The van der Waals surface area contributed by atoms with Crippen LogP contribution >= 0.6 is 0 Å². The first-order valence-corrected chi connectivity index (χ1v) is 20.7. The van der Waals surface area contributed by atoms with E-state index in [-0.39, 0.29) is 29.3 Å². The Balaban J connectivity index is 1.23. The van der Waals surface area contributed by atoms with E-state index in [0.29, 0.717) is 0 Å². The summed E-state index contributed by atoms with van der Waals surface area (Å²) in [4.78, 5) is 7.42. The first-order valence-electron chi connectivity index (χ1n) is 20.7. The van der Waals surface area contributed by atoms with Crippen molar-refractivity contribution >= 4 is 68.6 Å². The zero-order chi connectivity index (χ0) is 39.1. The summed E-state index contributed by atoms with van der Waals surface area (Å²) in [6.07, 6.45) is 4.59. The molecule has 0 amide bonds. The van der Waals surface area contributed by atoms with E-state index in [1.54, 1.807) is 24.3 Å². The molecule has 5 aliphatic rings. The van der Waals surface area contributed by atoms with Gasteiger partial charge >= 0.3 is 0 Å². The van der Waals surface area contributed by atoms with Crippen LogP contribution in [0.4, 0.5) is 54.3 Å². The molecule has 1 saturated carbocycles. The molecule has 282 valence electrons. The molecule has 0 N–H and O–H groups in total. The molecule has 6 heteroatoms. The van der Waals surface area contributed by atoms with Crippen molar-refractivity contribution in [3.8, 4) is 0 Å². The van der Waals surface area contributed by atoms with Crippen LogP contribution in [0.15, 0.2) is 152 Å². The third-order valence-corrected chi connectivity index (χ3v) is 15.0. The number of hydrogen-bond donors (Lipinski definition) is 0. The summed E-state index contributed by atoms with van der Waals surface area (Å²) in [5.41, 5.74) is 16.8. The number of nitrogens with zero attached hydrogens (tertiary/aromatic N) is 3. The Morgan fingerprint density at radius 3 is 1.55 bits per heavy atom. The third-order valence-electron chi connectivity index (χ3n) is 15.0. The van der Waals surface area contributed by atoms with Gasteiger partial charge in [-0.25, -0.2) is 8.78 Å². The van der Waals surface area contributed by atoms with E-state index in [1.165, 1.54) is 57.2 Å². The van der Waals surface area contributed by atoms with Crippen molar-refractivity contribution in [2.45, 2.75) is 62.8 Å². The molecule has 0 saturated heterocycles. The number of anilines is 8. The first kappa shape index (κ1) is 34.0. The lowest BCUT2D eigenvalue weighted by Crippen LogP contribution is -2.67. The monoisotopic (exact) mass is 757 g/mol. The van der Waals surface area contributed by atoms with Crippen molar-refractivity contribution in [3.63, 3.8) is 0 Å². The van der Waals surface area contributed by atoms with Crippen molar-refractivity contribution in [1.29, 1.82) is 0 Å². The van der Waals surface area contributed by atoms with Gasteiger partial charge in [0.25, 0.3) is 6.71 Å². The molecule has 0 aromatic heterocycles. The highest BCUT2D eigenvalue weighted by Crippen LogP contribution is 2.62. The van der Waals surface area contributed by atoms with Gasteiger partial charge in [-0.15, -0.1) is 0 Å². The summed E-state index contributed by atoms with van der Waals surface area (Å²) in [5, 5.41) is 0. The fourth-order valence-corrected chi connectivity index (χ4v) is 12.1. The van der Waals surface area contributed by atoms with E-state index < -0.39 is 5.41 Å². The minimum atomic E-state index is -0.481. The standard InChI is InChI=1S/C52H42BF2N3/c1-50-29-9-10-30-51(50,2)58(42-18-8-7-15-39(42)50)38-31-45-49-46(32-38)57(37-27-23-35(55)24-28-37)44-20-12-17-41-48(44)53(49)47-40(52(41,3)33-13-5-4-6-14-33)16-11-19-43(47)56(45)36-25-21-34(54)22-26-36/h4-8,11-28,31-32H,9-10,29-30H2,1-3H3. The molecule has 2 atom stereocenters. The summed E-state index contributed by atoms with van der Waals surface area (Å²) in [6.45, 7) is 7.25. The lowest BCUT2D eigenvalue weighted by Gasteiger charge is -2.52. The Morgan fingerprint density at radius 2 is 0.966 bits per heavy atom. The van der Waals surface area contributed by atoms with Crippen LogP contribution in [0.25, 0.3) is 0 Å². The van der Waals surface area contributed by atoms with Crippen LogP contribution < -0.4 is 31.1 Å². The number of halogens is 2. The van der Waals surface area contributed by atoms with Crippen molar-refractivity contribution in [2.24, 2.45) is 0 Å². The summed E-state index contributed by atoms with van der Waals surface area (Å²) in [5.74, 6) is -0.527. The highest BCUT2D eigenvalue weighted by Gasteiger charge is 2.58. The van der Waals surface area contributed by atoms with Gasteiger partial charge in [0, 0.05) is 56.3 Å². The van der Waals surface area contributed by atoms with Crippen LogP contribution in [-0.4, -0.2) is 12.3 Å². The van der Waals surface area contributed by atoms with Crippen molar-refractivity contribution in [3.05, 3.63) is 186 Å². The first-order chi connectivity index (χ1) is 28.2. The molecule has 58 heavy (non-hydrogen) atoms. The van der Waals surface area contributed by atoms with E-state index in [1.807, 2.05) is 24.3 Å². The van der Waals surface area contributed by atoms with Gasteiger partial charge in [0.15, 0.2) is 0 Å². The van der Waals surface area contributed by atoms with E-state index in [2.05, 4.69) is 139 Å². The quantitative estimate of drug-likeness (QED) is 0.166. The number of rotatable bonds is 4. The van der Waals surface area contributed by atoms with Crippen molar-refractivity contribution < 1.29 is 8.78 Å². The normalized spacial score (nSPS) is 21.4. The molecule has 7 aromatic rings. The molecule has 7 aromatic carbocycles. The van der Waals surface area contributed by atoms with Crippen molar-refractivity contribution in [1.82, 2.24) is 0 Å². The highest BCUT2D eigenvalue weighted by atomic mass is 19.1. The summed E-state index contributed by atoms with van der Waals surface area (Å²) >= 11 is 0. The second-order valence-corrected chi connectivity index (χ2v) is 17.6. The van der Waals surface area contributed by atoms with E-state index in [9.17, 15) is 8.78 Å². The number of para-hydroxylation sites is 1. The number of benzene rings is 7. The summed E-state index contributed by atoms with van der Waals surface area (Å²) < 4.78 is 29.6. The Bertz CT molecular complexity index is 2710. The zero-order valence-corrected chi connectivity index (χ0v) is 32.9. The molecule has 1 fully saturated rings. The Labute approximate surface area is 339 Å². The van der Waals surface area contributed by atoms with Crippen LogP contribution in [0.1, 0.15) is 68.7 Å². The molecule has 3 nitrogen and oxygen atoms in total. The molecule has 2 unspecified atom stereocenters. The van der Waals surface area contributed by atoms with E-state index in [4.69, 9.17) is 0 Å². The molecular formula is C52H42BF2N3. The fraction of sp³-hybridized carbons (Fsp3) is 0.192. The van der Waals surface area contributed by atoms with E-state index >= 15 is 0 Å². The van der Waals surface area contributed by atoms with Gasteiger partial charge in [0.2, 0.25) is 0 Å².